The molecular formula is C12H16ClN. The van der Waals surface area contributed by atoms with Crippen molar-refractivity contribution in [1.29, 1.82) is 0 Å². The van der Waals surface area contributed by atoms with E-state index in [9.17, 15) is 0 Å². The molecule has 1 heterocycles. The van der Waals surface area contributed by atoms with E-state index in [1.54, 1.807) is 0 Å². The minimum Gasteiger partial charge on any atom is -0.316 e. The Morgan fingerprint density at radius 3 is 2.93 bits per heavy atom. The van der Waals surface area contributed by atoms with Crippen LogP contribution in [0.25, 0.3) is 0 Å². The van der Waals surface area contributed by atoms with Crippen molar-refractivity contribution >= 4 is 11.6 Å². The van der Waals surface area contributed by atoms with Crippen molar-refractivity contribution in [2.75, 3.05) is 13.1 Å². The molecule has 0 saturated carbocycles. The van der Waals surface area contributed by atoms with Gasteiger partial charge in [-0.15, -0.1) is 0 Å². The van der Waals surface area contributed by atoms with E-state index in [1.165, 1.54) is 24.8 Å². The Balaban J connectivity index is 2.16. The van der Waals surface area contributed by atoms with Gasteiger partial charge in [-0.25, -0.2) is 0 Å². The molecule has 1 atom stereocenters. The number of hydrogen-bond donors (Lipinski definition) is 1. The first-order chi connectivity index (χ1) is 6.88. The zero-order valence-corrected chi connectivity index (χ0v) is 9.06. The average molecular weight is 210 g/mol. The first kappa shape index (κ1) is 10.0. The lowest BCUT2D eigenvalue weighted by atomic mass is 9.94. The lowest BCUT2D eigenvalue weighted by Gasteiger charge is -2.15. The predicted molar refractivity (Wildman–Crippen MR) is 60.9 cm³/mol. The highest BCUT2D eigenvalue weighted by Gasteiger charge is 2.15. The minimum atomic E-state index is 0.603. The fourth-order valence-corrected chi connectivity index (χ4v) is 2.38. The Hall–Kier alpha value is -0.530. The molecule has 1 fully saturated rings. The molecule has 1 saturated heterocycles. The smallest absolute Gasteiger partial charge is 0.0441 e. The van der Waals surface area contributed by atoms with Crippen LogP contribution in [0.1, 0.15) is 30.7 Å². The van der Waals surface area contributed by atoms with Gasteiger partial charge in [-0.3, -0.25) is 0 Å². The molecule has 2 heteroatoms. The predicted octanol–water partition coefficient (Wildman–Crippen LogP) is 3.20. The molecule has 1 aromatic carbocycles. The highest BCUT2D eigenvalue weighted by atomic mass is 35.5. The van der Waals surface area contributed by atoms with E-state index in [0.29, 0.717) is 5.92 Å². The van der Waals surface area contributed by atoms with E-state index in [1.807, 2.05) is 12.1 Å². The lowest BCUT2D eigenvalue weighted by molar-refractivity contribution is 0.610. The normalized spacial score (nSPS) is 23.1. The van der Waals surface area contributed by atoms with Gasteiger partial charge in [0.25, 0.3) is 0 Å². The summed E-state index contributed by atoms with van der Waals surface area (Å²) in [5, 5.41) is 4.38. The molecule has 0 spiro atoms. The van der Waals surface area contributed by atoms with Crippen molar-refractivity contribution in [3.05, 3.63) is 34.9 Å². The summed E-state index contributed by atoms with van der Waals surface area (Å²) in [6.45, 7) is 2.23. The second kappa shape index (κ2) is 4.81. The molecular weight excluding hydrogens is 194 g/mol. The molecule has 1 nitrogen and oxygen atoms in total. The van der Waals surface area contributed by atoms with Crippen molar-refractivity contribution in [3.63, 3.8) is 0 Å². The van der Waals surface area contributed by atoms with Gasteiger partial charge in [-0.1, -0.05) is 36.2 Å². The van der Waals surface area contributed by atoms with Crippen LogP contribution >= 0.6 is 11.6 Å². The summed E-state index contributed by atoms with van der Waals surface area (Å²) in [6.07, 6.45) is 3.86. The maximum absolute atomic E-state index is 6.18. The molecule has 76 valence electrons. The summed E-state index contributed by atoms with van der Waals surface area (Å²) >= 11 is 6.18. The first-order valence-electron chi connectivity index (χ1n) is 5.33. The van der Waals surface area contributed by atoms with E-state index >= 15 is 0 Å². The van der Waals surface area contributed by atoms with E-state index < -0.39 is 0 Å². The zero-order valence-electron chi connectivity index (χ0n) is 8.30. The number of hydrogen-bond acceptors (Lipinski definition) is 1. The maximum Gasteiger partial charge on any atom is 0.0441 e. The summed E-state index contributed by atoms with van der Waals surface area (Å²) in [5.41, 5.74) is 1.31. The van der Waals surface area contributed by atoms with Gasteiger partial charge in [0.2, 0.25) is 0 Å². The van der Waals surface area contributed by atoms with Crippen LogP contribution in [-0.2, 0) is 0 Å². The van der Waals surface area contributed by atoms with Crippen LogP contribution in [0.5, 0.6) is 0 Å². The first-order valence-corrected chi connectivity index (χ1v) is 5.71. The number of benzene rings is 1. The van der Waals surface area contributed by atoms with E-state index in [4.69, 9.17) is 11.6 Å². The fourth-order valence-electron chi connectivity index (χ4n) is 2.09. The standard InChI is InChI=1S/C12H16ClN/c13-12-7-2-1-6-11(12)10-5-3-4-8-14-9-10/h1-2,6-7,10,14H,3-5,8-9H2. The van der Waals surface area contributed by atoms with Crippen LogP contribution in [0.4, 0.5) is 0 Å². The van der Waals surface area contributed by atoms with Crippen molar-refractivity contribution in [3.8, 4) is 0 Å². The molecule has 2 rings (SSSR count). The Kier molecular flexibility index (Phi) is 3.44. The van der Waals surface area contributed by atoms with Gasteiger partial charge < -0.3 is 5.32 Å². The molecule has 0 radical (unpaired) electrons. The zero-order chi connectivity index (χ0) is 9.80. The Morgan fingerprint density at radius 1 is 1.21 bits per heavy atom. The van der Waals surface area contributed by atoms with Gasteiger partial charge in [0.15, 0.2) is 0 Å². The summed E-state index contributed by atoms with van der Waals surface area (Å²) in [6, 6.07) is 8.21. The molecule has 0 amide bonds. The monoisotopic (exact) mass is 209 g/mol. The molecule has 1 aliphatic rings. The molecule has 1 N–H and O–H groups in total. The lowest BCUT2D eigenvalue weighted by Crippen LogP contribution is -2.19. The molecule has 0 aromatic heterocycles. The SMILES string of the molecule is Clc1ccccc1C1CCCCNC1. The fraction of sp³-hybridized carbons (Fsp3) is 0.500. The highest BCUT2D eigenvalue weighted by Crippen LogP contribution is 2.28. The van der Waals surface area contributed by atoms with Crippen LogP contribution in [0, 0.1) is 0 Å². The van der Waals surface area contributed by atoms with Gasteiger partial charge in [0.1, 0.15) is 0 Å². The second-order valence-electron chi connectivity index (χ2n) is 3.92. The minimum absolute atomic E-state index is 0.603. The second-order valence-corrected chi connectivity index (χ2v) is 4.33. The van der Waals surface area contributed by atoms with Crippen LogP contribution in [-0.4, -0.2) is 13.1 Å². The summed E-state index contributed by atoms with van der Waals surface area (Å²) in [4.78, 5) is 0. The maximum atomic E-state index is 6.18. The average Bonchev–Trinajstić information content (AvgIpc) is 2.47. The van der Waals surface area contributed by atoms with Crippen molar-refractivity contribution < 1.29 is 0 Å². The largest absolute Gasteiger partial charge is 0.316 e. The van der Waals surface area contributed by atoms with Crippen molar-refractivity contribution in [2.24, 2.45) is 0 Å². The van der Waals surface area contributed by atoms with Crippen LogP contribution in [0.2, 0.25) is 5.02 Å². The van der Waals surface area contributed by atoms with Gasteiger partial charge in [0, 0.05) is 11.6 Å². The third-order valence-electron chi connectivity index (χ3n) is 2.89. The summed E-state index contributed by atoms with van der Waals surface area (Å²) in [5.74, 6) is 0.603. The number of nitrogens with one attached hydrogen (secondary N) is 1. The molecule has 1 aromatic rings. The number of rotatable bonds is 1. The van der Waals surface area contributed by atoms with Crippen LogP contribution in [0.3, 0.4) is 0 Å². The Labute approximate surface area is 90.5 Å². The van der Waals surface area contributed by atoms with E-state index in [0.717, 1.165) is 18.1 Å². The molecule has 1 aliphatic heterocycles. The van der Waals surface area contributed by atoms with Gasteiger partial charge in [0.05, 0.1) is 0 Å². The summed E-state index contributed by atoms with van der Waals surface area (Å²) < 4.78 is 0. The topological polar surface area (TPSA) is 12.0 Å². The quantitative estimate of drug-likeness (QED) is 0.749. The third kappa shape index (κ3) is 2.28. The molecule has 0 aliphatic carbocycles. The van der Waals surface area contributed by atoms with Gasteiger partial charge in [-0.05, 0) is 36.9 Å². The Bertz CT molecular complexity index is 290. The molecule has 1 unspecified atom stereocenters. The van der Waals surface area contributed by atoms with Gasteiger partial charge in [-0.2, -0.15) is 0 Å². The molecule has 14 heavy (non-hydrogen) atoms. The van der Waals surface area contributed by atoms with Gasteiger partial charge >= 0.3 is 0 Å². The molecule has 0 bridgehead atoms. The van der Waals surface area contributed by atoms with Crippen molar-refractivity contribution in [2.45, 2.75) is 25.2 Å². The third-order valence-corrected chi connectivity index (χ3v) is 3.24. The van der Waals surface area contributed by atoms with Crippen LogP contribution in [0.15, 0.2) is 24.3 Å². The van der Waals surface area contributed by atoms with E-state index in [2.05, 4.69) is 17.4 Å². The van der Waals surface area contributed by atoms with Crippen molar-refractivity contribution in [1.82, 2.24) is 5.32 Å². The van der Waals surface area contributed by atoms with Crippen LogP contribution < -0.4 is 5.32 Å². The summed E-state index contributed by atoms with van der Waals surface area (Å²) in [7, 11) is 0. The Morgan fingerprint density at radius 2 is 2.07 bits per heavy atom. The number of halogens is 1. The highest BCUT2D eigenvalue weighted by molar-refractivity contribution is 6.31. The van der Waals surface area contributed by atoms with E-state index in [-0.39, 0.29) is 0 Å².